The molecule has 1 aliphatic carbocycles. The maximum atomic E-state index is 13.4. The summed E-state index contributed by atoms with van der Waals surface area (Å²) in [6.45, 7) is 7.36. The molecule has 1 N–H and O–H groups in total. The molecule has 6 nitrogen and oxygen atoms in total. The first-order valence-electron chi connectivity index (χ1n) is 10.5. The van der Waals surface area contributed by atoms with E-state index >= 15 is 0 Å². The predicted octanol–water partition coefficient (Wildman–Crippen LogP) is 2.96. The molecule has 7 heteroatoms. The summed E-state index contributed by atoms with van der Waals surface area (Å²) in [6.07, 6.45) is 2.35. The van der Waals surface area contributed by atoms with Crippen LogP contribution in [-0.2, 0) is 6.42 Å². The van der Waals surface area contributed by atoms with Crippen molar-refractivity contribution in [2.75, 3.05) is 26.2 Å². The number of amides is 1. The number of hydrogen-bond donors (Lipinski definition) is 1. The lowest BCUT2D eigenvalue weighted by Crippen LogP contribution is -2.37. The molecular weight excluding hydrogens is 385 g/mol. The fourth-order valence-electron chi connectivity index (χ4n) is 3.86. The molecule has 160 valence electrons. The van der Waals surface area contributed by atoms with E-state index in [0.29, 0.717) is 42.8 Å². The summed E-state index contributed by atoms with van der Waals surface area (Å²) in [5, 5.41) is 2.80. The van der Waals surface area contributed by atoms with Crippen molar-refractivity contribution in [2.24, 2.45) is 0 Å². The van der Waals surface area contributed by atoms with Gasteiger partial charge in [0.15, 0.2) is 5.78 Å². The summed E-state index contributed by atoms with van der Waals surface area (Å²) in [6, 6.07) is 6.93. The van der Waals surface area contributed by atoms with Crippen molar-refractivity contribution in [3.05, 3.63) is 63.3 Å². The fraction of sp³-hybridized carbons (Fsp3) is 0.435. The first-order valence-corrected chi connectivity index (χ1v) is 10.5. The van der Waals surface area contributed by atoms with Crippen LogP contribution in [0.4, 0.5) is 4.39 Å². The van der Waals surface area contributed by atoms with Crippen LogP contribution in [0.2, 0.25) is 0 Å². The Morgan fingerprint density at radius 1 is 1.13 bits per heavy atom. The van der Waals surface area contributed by atoms with Gasteiger partial charge in [0.25, 0.3) is 11.5 Å². The number of nitrogens with zero attached hydrogens (tertiary/aromatic N) is 2. The number of benzene rings is 1. The number of carbonyl (C=O) groups is 2. The van der Waals surface area contributed by atoms with Crippen molar-refractivity contribution in [1.29, 1.82) is 0 Å². The first-order chi connectivity index (χ1) is 14.5. The van der Waals surface area contributed by atoms with Crippen LogP contribution < -0.4 is 10.9 Å². The smallest absolute Gasteiger partial charge is 0.268 e. The molecule has 2 aromatic rings. The monoisotopic (exact) mass is 413 g/mol. The quantitative estimate of drug-likeness (QED) is 0.676. The van der Waals surface area contributed by atoms with Crippen molar-refractivity contribution in [1.82, 2.24) is 14.8 Å². The van der Waals surface area contributed by atoms with Gasteiger partial charge in [-0.25, -0.2) is 4.39 Å². The highest BCUT2D eigenvalue weighted by Gasteiger charge is 2.26. The molecule has 1 aromatic carbocycles. The van der Waals surface area contributed by atoms with E-state index < -0.39 is 17.3 Å². The lowest BCUT2D eigenvalue weighted by molar-refractivity contribution is 0.0950. The van der Waals surface area contributed by atoms with Crippen LogP contribution in [0.25, 0.3) is 5.69 Å². The Hall–Kier alpha value is -2.80. The van der Waals surface area contributed by atoms with E-state index in [1.807, 2.05) is 0 Å². The third-order valence-electron chi connectivity index (χ3n) is 5.58. The number of nitrogens with one attached hydrogen (secondary N) is 1. The standard InChI is InChI=1S/C23H28FN3O3/c1-3-26(4-2)14-6-13-25-22(29)19-15-18-20(7-5-8-21(18)28)27(23(19)30)17-11-9-16(24)10-12-17/h9-12,15H,3-8,13-14H2,1-2H3,(H,25,29). The largest absolute Gasteiger partial charge is 0.352 e. The van der Waals surface area contributed by atoms with Crippen molar-refractivity contribution >= 4 is 11.7 Å². The van der Waals surface area contributed by atoms with Gasteiger partial charge in [-0.2, -0.15) is 0 Å². The zero-order valence-electron chi connectivity index (χ0n) is 17.5. The van der Waals surface area contributed by atoms with E-state index in [1.54, 1.807) is 0 Å². The Morgan fingerprint density at radius 2 is 1.83 bits per heavy atom. The number of ketones is 1. The molecule has 3 rings (SSSR count). The molecule has 0 aliphatic heterocycles. The molecule has 0 spiro atoms. The minimum atomic E-state index is -0.490. The second-order valence-corrected chi connectivity index (χ2v) is 7.45. The zero-order valence-corrected chi connectivity index (χ0v) is 17.5. The Bertz CT molecular complexity index is 978. The summed E-state index contributed by atoms with van der Waals surface area (Å²) in [4.78, 5) is 40.7. The third-order valence-corrected chi connectivity index (χ3v) is 5.58. The minimum absolute atomic E-state index is 0.0591. The van der Waals surface area contributed by atoms with Gasteiger partial charge < -0.3 is 10.2 Å². The molecule has 0 saturated carbocycles. The van der Waals surface area contributed by atoms with Gasteiger partial charge in [-0.1, -0.05) is 13.8 Å². The molecule has 0 fully saturated rings. The minimum Gasteiger partial charge on any atom is -0.352 e. The summed E-state index contributed by atoms with van der Waals surface area (Å²) in [5.74, 6) is -0.988. The number of fused-ring (bicyclic) bond motifs is 1. The van der Waals surface area contributed by atoms with Gasteiger partial charge in [-0.05, 0) is 69.2 Å². The van der Waals surface area contributed by atoms with Crippen molar-refractivity contribution < 1.29 is 14.0 Å². The van der Waals surface area contributed by atoms with Gasteiger partial charge in [-0.3, -0.25) is 19.0 Å². The SMILES string of the molecule is CCN(CC)CCCNC(=O)c1cc2c(n(-c3ccc(F)cc3)c1=O)CCCC2=O. The number of hydrogen-bond acceptors (Lipinski definition) is 4. The van der Waals surface area contributed by atoms with Crippen molar-refractivity contribution in [3.8, 4) is 5.69 Å². The molecule has 0 atom stereocenters. The fourth-order valence-corrected chi connectivity index (χ4v) is 3.86. The maximum Gasteiger partial charge on any atom is 0.268 e. The van der Waals surface area contributed by atoms with E-state index in [2.05, 4.69) is 24.1 Å². The number of Topliss-reactive ketones (excluding diaryl/α,β-unsaturated/α-hetero) is 1. The van der Waals surface area contributed by atoms with Crippen molar-refractivity contribution in [2.45, 2.75) is 39.5 Å². The third kappa shape index (κ3) is 4.67. The first kappa shape index (κ1) is 21.9. The second kappa shape index (κ2) is 9.80. The van der Waals surface area contributed by atoms with E-state index in [-0.39, 0.29) is 11.3 Å². The maximum absolute atomic E-state index is 13.4. The Labute approximate surface area is 175 Å². The Kier molecular flexibility index (Phi) is 7.15. The molecule has 1 aliphatic rings. The highest BCUT2D eigenvalue weighted by atomic mass is 19.1. The summed E-state index contributed by atoms with van der Waals surface area (Å²) < 4.78 is 14.8. The van der Waals surface area contributed by atoms with Crippen LogP contribution in [0.5, 0.6) is 0 Å². The normalized spacial score (nSPS) is 13.4. The van der Waals surface area contributed by atoms with E-state index in [4.69, 9.17) is 0 Å². The number of rotatable bonds is 8. The number of pyridine rings is 1. The summed E-state index contributed by atoms with van der Waals surface area (Å²) in [7, 11) is 0. The molecule has 1 amide bonds. The van der Waals surface area contributed by atoms with E-state index in [0.717, 1.165) is 26.1 Å². The van der Waals surface area contributed by atoms with Gasteiger partial charge in [-0.15, -0.1) is 0 Å². The molecular formula is C23H28FN3O3. The van der Waals surface area contributed by atoms with Gasteiger partial charge in [0.05, 0.1) is 0 Å². The number of aromatic nitrogens is 1. The van der Waals surface area contributed by atoms with Gasteiger partial charge >= 0.3 is 0 Å². The second-order valence-electron chi connectivity index (χ2n) is 7.45. The molecule has 1 aromatic heterocycles. The number of carbonyl (C=O) groups excluding carboxylic acids is 2. The highest BCUT2D eigenvalue weighted by molar-refractivity contribution is 6.01. The molecule has 0 saturated heterocycles. The molecule has 30 heavy (non-hydrogen) atoms. The van der Waals surface area contributed by atoms with Gasteiger partial charge in [0.1, 0.15) is 11.4 Å². The van der Waals surface area contributed by atoms with E-state index in [9.17, 15) is 18.8 Å². The topological polar surface area (TPSA) is 71.4 Å². The van der Waals surface area contributed by atoms with Crippen LogP contribution in [-0.4, -0.2) is 47.3 Å². The average molecular weight is 413 g/mol. The average Bonchev–Trinajstić information content (AvgIpc) is 2.74. The Balaban J connectivity index is 1.91. The Morgan fingerprint density at radius 3 is 2.50 bits per heavy atom. The van der Waals surface area contributed by atoms with Crippen LogP contribution in [0.1, 0.15) is 59.5 Å². The molecule has 0 unspecified atom stereocenters. The van der Waals surface area contributed by atoms with Crippen LogP contribution in [0.3, 0.4) is 0 Å². The lowest BCUT2D eigenvalue weighted by atomic mass is 9.92. The van der Waals surface area contributed by atoms with Crippen LogP contribution in [0, 0.1) is 5.82 Å². The number of halogens is 1. The van der Waals surface area contributed by atoms with Gasteiger partial charge in [0, 0.05) is 29.9 Å². The van der Waals surface area contributed by atoms with E-state index in [1.165, 1.54) is 34.9 Å². The van der Waals surface area contributed by atoms with Crippen LogP contribution in [0.15, 0.2) is 35.1 Å². The van der Waals surface area contributed by atoms with Gasteiger partial charge in [0.2, 0.25) is 0 Å². The lowest BCUT2D eigenvalue weighted by Gasteiger charge is -2.22. The summed E-state index contributed by atoms with van der Waals surface area (Å²) >= 11 is 0. The molecule has 1 heterocycles. The highest BCUT2D eigenvalue weighted by Crippen LogP contribution is 2.23. The summed E-state index contributed by atoms with van der Waals surface area (Å²) in [5.41, 5.74) is 0.885. The molecule has 0 radical (unpaired) electrons. The van der Waals surface area contributed by atoms with Crippen LogP contribution >= 0.6 is 0 Å². The van der Waals surface area contributed by atoms with Crippen molar-refractivity contribution in [3.63, 3.8) is 0 Å². The molecule has 0 bridgehead atoms. The zero-order chi connectivity index (χ0) is 21.7. The predicted molar refractivity (Wildman–Crippen MR) is 114 cm³/mol.